The van der Waals surface area contributed by atoms with Crippen LogP contribution in [0.4, 0.5) is 0 Å². The number of aromatic amines is 1. The zero-order valence-electron chi connectivity index (χ0n) is 15.3. The first-order chi connectivity index (χ1) is 14.2. The average Bonchev–Trinajstić information content (AvgIpc) is 3.36. The Morgan fingerprint density at radius 3 is 2.79 bits per heavy atom. The van der Waals surface area contributed by atoms with Gasteiger partial charge in [-0.05, 0) is 30.3 Å². The van der Waals surface area contributed by atoms with Gasteiger partial charge in [0.1, 0.15) is 0 Å². The van der Waals surface area contributed by atoms with Gasteiger partial charge in [-0.15, -0.1) is 5.10 Å². The number of rotatable bonds is 7. The van der Waals surface area contributed by atoms with Crippen molar-refractivity contribution < 1.29 is 4.79 Å². The predicted octanol–water partition coefficient (Wildman–Crippen LogP) is 4.97. The summed E-state index contributed by atoms with van der Waals surface area (Å²) in [5.41, 5.74) is 2.49. The van der Waals surface area contributed by atoms with E-state index in [-0.39, 0.29) is 11.5 Å². The maximum absolute atomic E-state index is 12.9. The van der Waals surface area contributed by atoms with Crippen LogP contribution >= 0.6 is 23.4 Å². The minimum absolute atomic E-state index is 0.000231. The lowest BCUT2D eigenvalue weighted by atomic mass is 10.1. The van der Waals surface area contributed by atoms with Crippen molar-refractivity contribution >= 4 is 40.0 Å². The SMILES string of the molecule is N#CCCn1cc(C(=O)CSc2n[nH]c(-c3ccc(Cl)cc3)n2)c2ccccc21. The van der Waals surface area contributed by atoms with Crippen LogP contribution < -0.4 is 0 Å². The zero-order valence-corrected chi connectivity index (χ0v) is 16.9. The van der Waals surface area contributed by atoms with Crippen LogP contribution in [0, 0.1) is 11.3 Å². The van der Waals surface area contributed by atoms with Gasteiger partial charge in [0, 0.05) is 39.8 Å². The monoisotopic (exact) mass is 421 g/mol. The summed E-state index contributed by atoms with van der Waals surface area (Å²) < 4.78 is 1.96. The number of para-hydroxylation sites is 1. The summed E-state index contributed by atoms with van der Waals surface area (Å²) in [6.45, 7) is 0.558. The summed E-state index contributed by atoms with van der Waals surface area (Å²) in [5, 5.41) is 18.0. The molecule has 0 aliphatic carbocycles. The second-order valence-electron chi connectivity index (χ2n) is 6.35. The number of aryl methyl sites for hydroxylation is 1. The quantitative estimate of drug-likeness (QED) is 0.336. The fourth-order valence-electron chi connectivity index (χ4n) is 3.08. The first-order valence-electron chi connectivity index (χ1n) is 8.95. The fraction of sp³-hybridized carbons (Fsp3) is 0.143. The third-order valence-corrected chi connectivity index (χ3v) is 5.57. The predicted molar refractivity (Wildman–Crippen MR) is 114 cm³/mol. The molecule has 6 nitrogen and oxygen atoms in total. The van der Waals surface area contributed by atoms with Crippen LogP contribution in [-0.4, -0.2) is 31.3 Å². The van der Waals surface area contributed by atoms with E-state index in [0.717, 1.165) is 16.5 Å². The Bertz CT molecular complexity index is 1210. The lowest BCUT2D eigenvalue weighted by Crippen LogP contribution is -2.02. The van der Waals surface area contributed by atoms with E-state index in [9.17, 15) is 4.79 Å². The van der Waals surface area contributed by atoms with E-state index in [1.54, 1.807) is 12.1 Å². The first kappa shape index (κ1) is 19.2. The molecule has 2 aromatic carbocycles. The Morgan fingerprint density at radius 1 is 1.21 bits per heavy atom. The van der Waals surface area contributed by atoms with Gasteiger partial charge < -0.3 is 4.57 Å². The molecule has 0 unspecified atom stereocenters. The van der Waals surface area contributed by atoms with Crippen molar-refractivity contribution in [1.29, 1.82) is 5.26 Å². The molecule has 8 heteroatoms. The number of ketones is 1. The summed E-state index contributed by atoms with van der Waals surface area (Å²) in [6, 6.07) is 17.2. The average molecular weight is 422 g/mol. The van der Waals surface area contributed by atoms with Crippen molar-refractivity contribution in [2.24, 2.45) is 0 Å². The number of H-pyrrole nitrogens is 1. The van der Waals surface area contributed by atoms with Crippen molar-refractivity contribution in [3.05, 3.63) is 65.3 Å². The Hall–Kier alpha value is -3.08. The summed E-state index contributed by atoms with van der Waals surface area (Å²) in [4.78, 5) is 17.3. The molecule has 2 heterocycles. The number of hydrogen-bond donors (Lipinski definition) is 1. The molecular weight excluding hydrogens is 406 g/mol. The van der Waals surface area contributed by atoms with E-state index in [4.69, 9.17) is 16.9 Å². The molecule has 0 atom stereocenters. The highest BCUT2D eigenvalue weighted by Crippen LogP contribution is 2.25. The third-order valence-electron chi connectivity index (χ3n) is 4.47. The van der Waals surface area contributed by atoms with E-state index in [0.29, 0.717) is 34.5 Å². The van der Waals surface area contributed by atoms with Gasteiger partial charge in [-0.25, -0.2) is 4.98 Å². The van der Waals surface area contributed by atoms with Gasteiger partial charge in [0.05, 0.1) is 18.2 Å². The van der Waals surface area contributed by atoms with Gasteiger partial charge in [0.25, 0.3) is 0 Å². The Morgan fingerprint density at radius 2 is 2.00 bits per heavy atom. The van der Waals surface area contributed by atoms with Gasteiger partial charge in [-0.2, -0.15) is 5.26 Å². The molecule has 29 heavy (non-hydrogen) atoms. The molecule has 0 spiro atoms. The third kappa shape index (κ3) is 4.19. The molecule has 4 aromatic rings. The summed E-state index contributed by atoms with van der Waals surface area (Å²) in [7, 11) is 0. The Kier molecular flexibility index (Phi) is 5.65. The highest BCUT2D eigenvalue weighted by molar-refractivity contribution is 7.99. The second-order valence-corrected chi connectivity index (χ2v) is 7.73. The van der Waals surface area contributed by atoms with E-state index < -0.39 is 0 Å². The minimum Gasteiger partial charge on any atom is -0.346 e. The largest absolute Gasteiger partial charge is 0.346 e. The number of nitrogens with zero attached hydrogens (tertiary/aromatic N) is 4. The first-order valence-corrected chi connectivity index (χ1v) is 10.3. The second kappa shape index (κ2) is 8.52. The number of carbonyl (C=O) groups is 1. The van der Waals surface area contributed by atoms with Gasteiger partial charge in [-0.3, -0.25) is 9.89 Å². The summed E-state index contributed by atoms with van der Waals surface area (Å²) in [5.74, 6) is 0.855. The zero-order chi connectivity index (χ0) is 20.2. The molecule has 144 valence electrons. The van der Waals surface area contributed by atoms with E-state index in [2.05, 4.69) is 21.3 Å². The van der Waals surface area contributed by atoms with E-state index in [1.807, 2.05) is 47.2 Å². The fourth-order valence-corrected chi connectivity index (χ4v) is 3.89. The number of thioether (sulfide) groups is 1. The summed E-state index contributed by atoms with van der Waals surface area (Å²) >= 11 is 7.20. The number of halogens is 1. The molecule has 4 rings (SSSR count). The Labute approximate surface area is 176 Å². The van der Waals surface area contributed by atoms with Gasteiger partial charge in [0.2, 0.25) is 5.16 Å². The van der Waals surface area contributed by atoms with Crippen molar-refractivity contribution in [2.75, 3.05) is 5.75 Å². The highest BCUT2D eigenvalue weighted by atomic mass is 35.5. The summed E-state index contributed by atoms with van der Waals surface area (Å²) in [6.07, 6.45) is 2.23. The Balaban J connectivity index is 1.49. The standard InChI is InChI=1S/C21H16ClN5OS/c22-15-8-6-14(7-9-15)20-24-21(26-25-20)29-13-19(28)17-12-27(11-3-10-23)18-5-2-1-4-16(17)18/h1-2,4-9,12H,3,11,13H2,(H,24,25,26). The van der Waals surface area contributed by atoms with Crippen LogP contribution in [0.1, 0.15) is 16.8 Å². The molecule has 1 N–H and O–H groups in total. The van der Waals surface area contributed by atoms with Crippen molar-refractivity contribution in [1.82, 2.24) is 19.7 Å². The number of carbonyl (C=O) groups excluding carboxylic acids is 1. The smallest absolute Gasteiger partial charge is 0.209 e. The molecule has 0 aliphatic rings. The molecule has 2 aromatic heterocycles. The van der Waals surface area contributed by atoms with Crippen LogP contribution in [0.3, 0.4) is 0 Å². The van der Waals surface area contributed by atoms with E-state index in [1.165, 1.54) is 11.8 Å². The van der Waals surface area contributed by atoms with E-state index >= 15 is 0 Å². The van der Waals surface area contributed by atoms with Gasteiger partial charge >= 0.3 is 0 Å². The molecule has 0 amide bonds. The number of benzene rings is 2. The van der Waals surface area contributed by atoms with Crippen molar-refractivity contribution in [3.63, 3.8) is 0 Å². The van der Waals surface area contributed by atoms with Crippen LogP contribution in [-0.2, 0) is 6.54 Å². The van der Waals surface area contributed by atoms with Crippen LogP contribution in [0.15, 0.2) is 59.9 Å². The number of nitrogens with one attached hydrogen (secondary N) is 1. The topological polar surface area (TPSA) is 87.4 Å². The number of fused-ring (bicyclic) bond motifs is 1. The van der Waals surface area contributed by atoms with Crippen molar-refractivity contribution in [3.8, 4) is 17.5 Å². The normalized spacial score (nSPS) is 10.9. The molecular formula is C21H16ClN5OS. The number of aromatic nitrogens is 4. The maximum atomic E-state index is 12.9. The number of nitriles is 1. The molecule has 0 aliphatic heterocycles. The lowest BCUT2D eigenvalue weighted by molar-refractivity contribution is 0.102. The molecule has 0 saturated heterocycles. The van der Waals surface area contributed by atoms with Crippen LogP contribution in [0.5, 0.6) is 0 Å². The van der Waals surface area contributed by atoms with Gasteiger partial charge in [0.15, 0.2) is 11.6 Å². The van der Waals surface area contributed by atoms with Crippen LogP contribution in [0.2, 0.25) is 5.02 Å². The molecule has 0 fully saturated rings. The molecule has 0 saturated carbocycles. The number of Topliss-reactive ketones (excluding diaryl/α,β-unsaturated/α-hetero) is 1. The van der Waals surface area contributed by atoms with Crippen molar-refractivity contribution in [2.45, 2.75) is 18.1 Å². The maximum Gasteiger partial charge on any atom is 0.209 e. The van der Waals surface area contributed by atoms with Crippen LogP contribution in [0.25, 0.3) is 22.3 Å². The molecule has 0 bridgehead atoms. The van der Waals surface area contributed by atoms with Gasteiger partial charge in [-0.1, -0.05) is 41.6 Å². The minimum atomic E-state index is -0.000231. The highest BCUT2D eigenvalue weighted by Gasteiger charge is 2.16. The number of hydrogen-bond acceptors (Lipinski definition) is 5. The lowest BCUT2D eigenvalue weighted by Gasteiger charge is -2.00. The molecule has 0 radical (unpaired) electrons.